The number of carbonyl (C=O) groups is 1. The van der Waals surface area contributed by atoms with Gasteiger partial charge in [-0.15, -0.1) is 0 Å². The number of amides is 1. The van der Waals surface area contributed by atoms with E-state index in [1.54, 1.807) is 0 Å². The van der Waals surface area contributed by atoms with E-state index in [9.17, 15) is 9.18 Å². The predicted molar refractivity (Wildman–Crippen MR) is 121 cm³/mol. The average molecular weight is 469 g/mol. The van der Waals surface area contributed by atoms with E-state index in [-0.39, 0.29) is 17.8 Å². The van der Waals surface area contributed by atoms with E-state index in [0.717, 1.165) is 28.6 Å². The van der Waals surface area contributed by atoms with Gasteiger partial charge in [0.05, 0.1) is 12.1 Å². The van der Waals surface area contributed by atoms with E-state index in [1.807, 2.05) is 48.7 Å². The van der Waals surface area contributed by atoms with Crippen LogP contribution in [0.5, 0.6) is 0 Å². The lowest BCUT2D eigenvalue weighted by molar-refractivity contribution is 0.0607. The second-order valence-corrected chi connectivity index (χ2v) is 8.81. The van der Waals surface area contributed by atoms with E-state index in [4.69, 9.17) is 0 Å². The van der Waals surface area contributed by atoms with Crippen LogP contribution in [0.3, 0.4) is 0 Å². The first-order chi connectivity index (χ1) is 14.6. The van der Waals surface area contributed by atoms with Crippen LogP contribution in [-0.2, 0) is 13.1 Å². The van der Waals surface area contributed by atoms with Crippen molar-refractivity contribution in [1.82, 2.24) is 9.47 Å². The van der Waals surface area contributed by atoms with Gasteiger partial charge >= 0.3 is 0 Å². The Balaban J connectivity index is 1.59. The summed E-state index contributed by atoms with van der Waals surface area (Å²) >= 11 is 3.55. The number of benzene rings is 2. The molecule has 0 saturated heterocycles. The van der Waals surface area contributed by atoms with Gasteiger partial charge in [0, 0.05) is 29.0 Å². The molecule has 4 rings (SSSR count). The topological polar surface area (TPSA) is 25.2 Å². The molecule has 1 heterocycles. The van der Waals surface area contributed by atoms with Crippen molar-refractivity contribution in [3.63, 3.8) is 0 Å². The Kier molecular flexibility index (Phi) is 6.68. The summed E-state index contributed by atoms with van der Waals surface area (Å²) in [5.41, 5.74) is 2.83. The van der Waals surface area contributed by atoms with Gasteiger partial charge in [0.25, 0.3) is 5.91 Å². The number of hydrogen-bond acceptors (Lipinski definition) is 1. The van der Waals surface area contributed by atoms with Gasteiger partial charge < -0.3 is 9.47 Å². The number of hydrogen-bond donors (Lipinski definition) is 0. The Morgan fingerprint density at radius 2 is 1.73 bits per heavy atom. The maximum Gasteiger partial charge on any atom is 0.255 e. The molecular formula is C25H26BrFN2O. The minimum absolute atomic E-state index is 0.0731. The fraction of sp³-hybridized carbons (Fsp3) is 0.320. The second kappa shape index (κ2) is 9.61. The summed E-state index contributed by atoms with van der Waals surface area (Å²) in [5, 5.41) is 0. The molecule has 0 radical (unpaired) electrons. The van der Waals surface area contributed by atoms with Gasteiger partial charge in [-0.05, 0) is 70.7 Å². The van der Waals surface area contributed by atoms with Gasteiger partial charge in [0.15, 0.2) is 0 Å². The molecule has 5 heteroatoms. The van der Waals surface area contributed by atoms with Crippen LogP contribution < -0.4 is 0 Å². The third-order valence-electron chi connectivity index (χ3n) is 5.90. The van der Waals surface area contributed by atoms with Crippen molar-refractivity contribution in [2.75, 3.05) is 0 Å². The smallest absolute Gasteiger partial charge is 0.255 e. The summed E-state index contributed by atoms with van der Waals surface area (Å²) in [7, 11) is 0. The zero-order chi connectivity index (χ0) is 20.9. The van der Waals surface area contributed by atoms with E-state index in [2.05, 4.69) is 31.5 Å². The van der Waals surface area contributed by atoms with E-state index in [1.165, 1.54) is 31.4 Å². The van der Waals surface area contributed by atoms with Gasteiger partial charge in [0.2, 0.25) is 0 Å². The highest BCUT2D eigenvalue weighted by atomic mass is 79.9. The lowest BCUT2D eigenvalue weighted by Crippen LogP contribution is -2.41. The summed E-state index contributed by atoms with van der Waals surface area (Å²) in [6.07, 6.45) is 7.71. The Labute approximate surface area is 185 Å². The van der Waals surface area contributed by atoms with Gasteiger partial charge in [-0.1, -0.05) is 43.5 Å². The Morgan fingerprint density at radius 1 is 1.00 bits per heavy atom. The van der Waals surface area contributed by atoms with Crippen LogP contribution >= 0.6 is 15.9 Å². The van der Waals surface area contributed by atoms with Crippen molar-refractivity contribution < 1.29 is 9.18 Å². The van der Waals surface area contributed by atoms with Crippen molar-refractivity contribution in [2.45, 2.75) is 51.2 Å². The molecule has 3 nitrogen and oxygen atoms in total. The maximum absolute atomic E-state index is 13.5. The quantitative estimate of drug-likeness (QED) is 0.410. The summed E-state index contributed by atoms with van der Waals surface area (Å²) in [6, 6.07) is 18.6. The molecule has 2 aromatic carbocycles. The largest absolute Gasteiger partial charge is 0.345 e. The predicted octanol–water partition coefficient (Wildman–Crippen LogP) is 6.41. The molecule has 30 heavy (non-hydrogen) atoms. The van der Waals surface area contributed by atoms with Crippen LogP contribution in [0.2, 0.25) is 0 Å². The number of nitrogens with zero attached hydrogens (tertiary/aromatic N) is 2. The van der Waals surface area contributed by atoms with Crippen LogP contribution in [0.4, 0.5) is 4.39 Å². The lowest BCUT2D eigenvalue weighted by Gasteiger charge is -2.35. The molecule has 1 fully saturated rings. The maximum atomic E-state index is 13.5. The Hall–Kier alpha value is -2.40. The highest BCUT2D eigenvalue weighted by Gasteiger charge is 2.28. The second-order valence-electron chi connectivity index (χ2n) is 7.96. The number of aromatic nitrogens is 1. The fourth-order valence-electron chi connectivity index (χ4n) is 4.26. The Bertz CT molecular complexity index is 992. The highest BCUT2D eigenvalue weighted by Crippen LogP contribution is 2.28. The lowest BCUT2D eigenvalue weighted by atomic mass is 9.93. The monoisotopic (exact) mass is 468 g/mol. The highest BCUT2D eigenvalue weighted by molar-refractivity contribution is 9.10. The molecule has 0 N–H and O–H groups in total. The minimum Gasteiger partial charge on any atom is -0.345 e. The molecule has 3 aromatic rings. The van der Waals surface area contributed by atoms with Crippen molar-refractivity contribution in [2.24, 2.45) is 0 Å². The zero-order valence-electron chi connectivity index (χ0n) is 16.9. The molecule has 0 bridgehead atoms. The average Bonchev–Trinajstić information content (AvgIpc) is 3.21. The SMILES string of the molecule is O=C(c1ccccc1Br)N(Cc1cccn1Cc1ccc(F)cc1)C1CCCCC1. The molecule has 0 unspecified atom stereocenters. The first-order valence-corrected chi connectivity index (χ1v) is 11.3. The molecule has 1 aliphatic carbocycles. The van der Waals surface area contributed by atoms with Crippen LogP contribution in [0.1, 0.15) is 53.7 Å². The fourth-order valence-corrected chi connectivity index (χ4v) is 4.71. The standard InChI is InChI=1S/C25H26BrFN2O/c26-24-11-5-4-10-23(24)25(30)29(21-7-2-1-3-8-21)18-22-9-6-16-28(22)17-19-12-14-20(27)15-13-19/h4-6,9-16,21H,1-3,7-8,17-18H2. The zero-order valence-corrected chi connectivity index (χ0v) is 18.5. The van der Waals surface area contributed by atoms with Crippen molar-refractivity contribution in [1.29, 1.82) is 0 Å². The molecule has 0 aliphatic heterocycles. The minimum atomic E-state index is -0.228. The van der Waals surface area contributed by atoms with Gasteiger partial charge in [-0.2, -0.15) is 0 Å². The van der Waals surface area contributed by atoms with Gasteiger partial charge in [-0.25, -0.2) is 4.39 Å². The number of rotatable bonds is 6. The summed E-state index contributed by atoms with van der Waals surface area (Å²) in [5.74, 6) is -0.155. The molecule has 1 amide bonds. The molecule has 0 atom stereocenters. The van der Waals surface area contributed by atoms with Crippen LogP contribution in [0.25, 0.3) is 0 Å². The van der Waals surface area contributed by atoms with Crippen LogP contribution in [0, 0.1) is 5.82 Å². The molecular weight excluding hydrogens is 443 g/mol. The summed E-state index contributed by atoms with van der Waals surface area (Å²) in [4.78, 5) is 15.6. The van der Waals surface area contributed by atoms with Crippen molar-refractivity contribution in [3.8, 4) is 0 Å². The molecule has 156 valence electrons. The normalized spacial score (nSPS) is 14.6. The third-order valence-corrected chi connectivity index (χ3v) is 6.59. The molecule has 1 aromatic heterocycles. The Morgan fingerprint density at radius 3 is 2.47 bits per heavy atom. The first-order valence-electron chi connectivity index (χ1n) is 10.6. The van der Waals surface area contributed by atoms with Gasteiger partial charge in [-0.3, -0.25) is 4.79 Å². The van der Waals surface area contributed by atoms with Crippen molar-refractivity contribution >= 4 is 21.8 Å². The third kappa shape index (κ3) is 4.84. The molecule has 1 saturated carbocycles. The van der Waals surface area contributed by atoms with E-state index in [0.29, 0.717) is 18.7 Å². The van der Waals surface area contributed by atoms with Crippen molar-refractivity contribution in [3.05, 3.63) is 94.0 Å². The van der Waals surface area contributed by atoms with E-state index >= 15 is 0 Å². The van der Waals surface area contributed by atoms with Crippen LogP contribution in [-0.4, -0.2) is 21.4 Å². The first kappa shape index (κ1) is 20.9. The summed E-state index contributed by atoms with van der Waals surface area (Å²) < 4.78 is 16.2. The van der Waals surface area contributed by atoms with Gasteiger partial charge in [0.1, 0.15) is 5.82 Å². The van der Waals surface area contributed by atoms with Crippen LogP contribution in [0.15, 0.2) is 71.3 Å². The number of halogens is 2. The number of carbonyl (C=O) groups excluding carboxylic acids is 1. The van der Waals surface area contributed by atoms with E-state index < -0.39 is 0 Å². The molecule has 1 aliphatic rings. The summed E-state index contributed by atoms with van der Waals surface area (Å²) in [6.45, 7) is 1.23. The molecule has 0 spiro atoms.